The van der Waals surface area contributed by atoms with Gasteiger partial charge in [0, 0.05) is 38.7 Å². The van der Waals surface area contributed by atoms with Crippen molar-refractivity contribution < 1.29 is 9.72 Å². The van der Waals surface area contributed by atoms with Crippen LogP contribution in [0.4, 0.5) is 11.4 Å². The molecule has 24 heavy (non-hydrogen) atoms. The Balaban J connectivity index is 0.00000208. The van der Waals surface area contributed by atoms with Crippen molar-refractivity contribution in [2.24, 2.45) is 5.92 Å². The summed E-state index contributed by atoms with van der Waals surface area (Å²) in [5, 5.41) is 14.4. The molecule has 0 bridgehead atoms. The van der Waals surface area contributed by atoms with E-state index in [-0.39, 0.29) is 28.9 Å². The zero-order chi connectivity index (χ0) is 16.2. The number of para-hydroxylation sites is 2. The highest BCUT2D eigenvalue weighted by atomic mass is 35.5. The van der Waals surface area contributed by atoms with E-state index in [1.165, 1.54) is 6.07 Å². The van der Waals surface area contributed by atoms with Crippen molar-refractivity contribution in [2.45, 2.75) is 12.8 Å². The molecule has 8 heteroatoms. The minimum Gasteiger partial charge on any atom is -0.362 e. The Hall–Kier alpha value is -1.86. The van der Waals surface area contributed by atoms with E-state index in [1.807, 2.05) is 15.9 Å². The molecule has 1 N–H and O–H groups in total. The largest absolute Gasteiger partial charge is 0.362 e. The number of benzene rings is 1. The first-order chi connectivity index (χ1) is 11.1. The molecule has 0 spiro atoms. The molecule has 1 amide bonds. The van der Waals surface area contributed by atoms with Gasteiger partial charge in [0.1, 0.15) is 5.69 Å². The Kier molecular flexibility index (Phi) is 6.39. The summed E-state index contributed by atoms with van der Waals surface area (Å²) in [7, 11) is 0. The first-order valence-electron chi connectivity index (χ1n) is 8.12. The lowest BCUT2D eigenvalue weighted by molar-refractivity contribution is -0.384. The molecule has 2 fully saturated rings. The van der Waals surface area contributed by atoms with Crippen LogP contribution in [0.5, 0.6) is 0 Å². The van der Waals surface area contributed by atoms with E-state index in [4.69, 9.17) is 0 Å². The second kappa shape index (κ2) is 8.30. The summed E-state index contributed by atoms with van der Waals surface area (Å²) in [4.78, 5) is 27.0. The van der Waals surface area contributed by atoms with Gasteiger partial charge in [0.25, 0.3) is 5.69 Å². The number of hydrogen-bond donors (Lipinski definition) is 1. The van der Waals surface area contributed by atoms with E-state index in [0.29, 0.717) is 44.2 Å². The third-order valence-corrected chi connectivity index (χ3v) is 4.68. The molecule has 2 aliphatic heterocycles. The Morgan fingerprint density at radius 1 is 1.25 bits per heavy atom. The van der Waals surface area contributed by atoms with Crippen molar-refractivity contribution >= 4 is 29.7 Å². The number of rotatable bonds is 4. The van der Waals surface area contributed by atoms with E-state index in [0.717, 1.165) is 19.5 Å². The molecule has 0 aromatic heterocycles. The smallest absolute Gasteiger partial charge is 0.292 e. The van der Waals surface area contributed by atoms with E-state index in [9.17, 15) is 14.9 Å². The number of piperazine rings is 1. The molecule has 0 aliphatic carbocycles. The van der Waals surface area contributed by atoms with E-state index in [1.54, 1.807) is 12.1 Å². The molecule has 0 radical (unpaired) electrons. The van der Waals surface area contributed by atoms with Crippen LogP contribution in [0.3, 0.4) is 0 Å². The Labute approximate surface area is 147 Å². The lowest BCUT2D eigenvalue weighted by Crippen LogP contribution is -2.49. The molecular weight excluding hydrogens is 332 g/mol. The number of nitrogens with one attached hydrogen (secondary N) is 1. The molecule has 1 aromatic rings. The van der Waals surface area contributed by atoms with Gasteiger partial charge in [-0.25, -0.2) is 0 Å². The summed E-state index contributed by atoms with van der Waals surface area (Å²) in [5.41, 5.74) is 0.772. The third kappa shape index (κ3) is 4.15. The van der Waals surface area contributed by atoms with Crippen LogP contribution >= 0.6 is 12.4 Å². The number of halogens is 1. The maximum absolute atomic E-state index is 12.3. The van der Waals surface area contributed by atoms with Gasteiger partial charge in [-0.1, -0.05) is 12.1 Å². The predicted octanol–water partition coefficient (Wildman–Crippen LogP) is 1.66. The van der Waals surface area contributed by atoms with Crippen LogP contribution in [-0.4, -0.2) is 55.0 Å². The number of anilines is 1. The van der Waals surface area contributed by atoms with E-state index < -0.39 is 0 Å². The molecule has 2 saturated heterocycles. The van der Waals surface area contributed by atoms with Gasteiger partial charge >= 0.3 is 0 Å². The summed E-state index contributed by atoms with van der Waals surface area (Å²) in [6, 6.07) is 6.80. The number of carbonyl (C=O) groups is 1. The van der Waals surface area contributed by atoms with Crippen LogP contribution in [0.15, 0.2) is 24.3 Å². The van der Waals surface area contributed by atoms with Gasteiger partial charge in [0.2, 0.25) is 5.91 Å². The maximum Gasteiger partial charge on any atom is 0.292 e. The second-order valence-corrected chi connectivity index (χ2v) is 6.18. The molecular formula is C16H23ClN4O3. The number of amides is 1. The number of nitro groups is 1. The normalized spacial score (nSPS) is 20.6. The summed E-state index contributed by atoms with van der Waals surface area (Å²) >= 11 is 0. The van der Waals surface area contributed by atoms with Crippen LogP contribution < -0.4 is 10.2 Å². The summed E-state index contributed by atoms with van der Waals surface area (Å²) < 4.78 is 0. The standard InChI is InChI=1S/C16H22N4O3.ClH/c21-16(11-13-5-6-17-12-13)19-9-7-18(8-10-19)14-3-1-2-4-15(14)20(22)23;/h1-4,13,17H,5-12H2;1H. The van der Waals surface area contributed by atoms with Crippen molar-refractivity contribution in [3.8, 4) is 0 Å². The third-order valence-electron chi connectivity index (χ3n) is 4.68. The predicted molar refractivity (Wildman–Crippen MR) is 94.7 cm³/mol. The SMILES string of the molecule is Cl.O=C(CC1CCNC1)N1CCN(c2ccccc2[N+](=O)[O-])CC1. The van der Waals surface area contributed by atoms with Crippen molar-refractivity contribution in [3.63, 3.8) is 0 Å². The molecule has 3 rings (SSSR count). The Bertz CT molecular complexity index is 584. The molecule has 7 nitrogen and oxygen atoms in total. The fraction of sp³-hybridized carbons (Fsp3) is 0.562. The molecule has 2 aliphatic rings. The van der Waals surface area contributed by atoms with Crippen molar-refractivity contribution in [3.05, 3.63) is 34.4 Å². The lowest BCUT2D eigenvalue weighted by Gasteiger charge is -2.36. The highest BCUT2D eigenvalue weighted by molar-refractivity contribution is 5.85. The van der Waals surface area contributed by atoms with E-state index >= 15 is 0 Å². The minimum absolute atomic E-state index is 0. The Morgan fingerprint density at radius 2 is 1.96 bits per heavy atom. The van der Waals surface area contributed by atoms with E-state index in [2.05, 4.69) is 5.32 Å². The topological polar surface area (TPSA) is 78.7 Å². The van der Waals surface area contributed by atoms with Crippen molar-refractivity contribution in [1.82, 2.24) is 10.2 Å². The van der Waals surface area contributed by atoms with Gasteiger partial charge in [0.15, 0.2) is 0 Å². The Morgan fingerprint density at radius 3 is 2.58 bits per heavy atom. The highest BCUT2D eigenvalue weighted by Gasteiger charge is 2.27. The van der Waals surface area contributed by atoms with Crippen LogP contribution in [-0.2, 0) is 4.79 Å². The zero-order valence-corrected chi connectivity index (χ0v) is 14.3. The number of hydrogen-bond acceptors (Lipinski definition) is 5. The van der Waals surface area contributed by atoms with Gasteiger partial charge in [-0.15, -0.1) is 12.4 Å². The zero-order valence-electron chi connectivity index (χ0n) is 13.5. The van der Waals surface area contributed by atoms with Crippen LogP contribution in [0, 0.1) is 16.0 Å². The van der Waals surface area contributed by atoms with Crippen LogP contribution in [0.2, 0.25) is 0 Å². The van der Waals surface area contributed by atoms with Crippen LogP contribution in [0.1, 0.15) is 12.8 Å². The summed E-state index contributed by atoms with van der Waals surface area (Å²) in [6.45, 7) is 4.47. The summed E-state index contributed by atoms with van der Waals surface area (Å²) in [5.74, 6) is 0.664. The van der Waals surface area contributed by atoms with Gasteiger partial charge < -0.3 is 15.1 Å². The average Bonchev–Trinajstić information content (AvgIpc) is 3.08. The van der Waals surface area contributed by atoms with Crippen LogP contribution in [0.25, 0.3) is 0 Å². The molecule has 1 unspecified atom stereocenters. The maximum atomic E-state index is 12.3. The minimum atomic E-state index is -0.347. The van der Waals surface area contributed by atoms with Gasteiger partial charge in [-0.05, 0) is 31.5 Å². The number of carbonyl (C=O) groups excluding carboxylic acids is 1. The number of nitro benzene ring substituents is 1. The molecule has 1 atom stereocenters. The van der Waals surface area contributed by atoms with Gasteiger partial charge in [-0.3, -0.25) is 14.9 Å². The highest BCUT2D eigenvalue weighted by Crippen LogP contribution is 2.28. The first kappa shape index (κ1) is 18.5. The first-order valence-corrected chi connectivity index (χ1v) is 8.12. The second-order valence-electron chi connectivity index (χ2n) is 6.18. The lowest BCUT2D eigenvalue weighted by atomic mass is 10.0. The van der Waals surface area contributed by atoms with Gasteiger partial charge in [-0.2, -0.15) is 0 Å². The quantitative estimate of drug-likeness (QED) is 0.657. The molecule has 2 heterocycles. The van der Waals surface area contributed by atoms with Gasteiger partial charge in [0.05, 0.1) is 4.92 Å². The van der Waals surface area contributed by atoms with Crippen molar-refractivity contribution in [2.75, 3.05) is 44.2 Å². The molecule has 0 saturated carbocycles. The monoisotopic (exact) mass is 354 g/mol. The fourth-order valence-electron chi connectivity index (χ4n) is 3.35. The fourth-order valence-corrected chi connectivity index (χ4v) is 3.35. The summed E-state index contributed by atoms with van der Waals surface area (Å²) in [6.07, 6.45) is 1.68. The van der Waals surface area contributed by atoms with Crippen molar-refractivity contribution in [1.29, 1.82) is 0 Å². The molecule has 1 aromatic carbocycles. The number of nitrogens with zero attached hydrogens (tertiary/aromatic N) is 3. The molecule has 132 valence electrons. The average molecular weight is 355 g/mol.